The molecule has 0 fully saturated rings. The Labute approximate surface area is 114 Å². The zero-order valence-corrected chi connectivity index (χ0v) is 11.3. The highest BCUT2D eigenvalue weighted by molar-refractivity contribution is 5.69. The monoisotopic (exact) mass is 266 g/mol. The summed E-state index contributed by atoms with van der Waals surface area (Å²) < 4.78 is 4.74. The summed E-state index contributed by atoms with van der Waals surface area (Å²) in [5.41, 5.74) is 1.15. The summed E-state index contributed by atoms with van der Waals surface area (Å²) >= 11 is 0. The maximum Gasteiger partial charge on any atom is 0.308 e. The zero-order valence-electron chi connectivity index (χ0n) is 11.3. The number of carbonyl (C=O) groups is 1. The number of ether oxygens (including phenoxy) is 1. The first kappa shape index (κ1) is 15.7. The number of hydrogen-bond acceptors (Lipinski definition) is 4. The van der Waals surface area contributed by atoms with E-state index in [1.807, 2.05) is 30.3 Å². The zero-order chi connectivity index (χ0) is 14.1. The highest BCUT2D eigenvalue weighted by Gasteiger charge is 2.16. The van der Waals surface area contributed by atoms with Gasteiger partial charge in [-0.25, -0.2) is 0 Å². The summed E-state index contributed by atoms with van der Waals surface area (Å²) in [7, 11) is 0. The SMILES string of the molecule is CCOC(=O)CC(O)CC(O)CCc1ccccc1. The summed E-state index contributed by atoms with van der Waals surface area (Å²) in [4.78, 5) is 11.2. The lowest BCUT2D eigenvalue weighted by atomic mass is 10.0. The summed E-state index contributed by atoms with van der Waals surface area (Å²) in [6, 6.07) is 9.86. The Hall–Kier alpha value is -1.39. The molecule has 2 N–H and O–H groups in total. The largest absolute Gasteiger partial charge is 0.466 e. The van der Waals surface area contributed by atoms with Gasteiger partial charge in [-0.1, -0.05) is 30.3 Å². The van der Waals surface area contributed by atoms with Gasteiger partial charge in [-0.3, -0.25) is 4.79 Å². The van der Waals surface area contributed by atoms with Crippen LogP contribution in [0.5, 0.6) is 0 Å². The van der Waals surface area contributed by atoms with Crippen molar-refractivity contribution in [2.75, 3.05) is 6.61 Å². The summed E-state index contributed by atoms with van der Waals surface area (Å²) in [5.74, 6) is -0.426. The van der Waals surface area contributed by atoms with E-state index < -0.39 is 18.2 Å². The van der Waals surface area contributed by atoms with Gasteiger partial charge in [-0.15, -0.1) is 0 Å². The van der Waals surface area contributed by atoms with Crippen molar-refractivity contribution >= 4 is 5.97 Å². The van der Waals surface area contributed by atoms with Crippen molar-refractivity contribution < 1.29 is 19.7 Å². The normalized spacial score (nSPS) is 13.8. The van der Waals surface area contributed by atoms with Crippen LogP contribution in [0.2, 0.25) is 0 Å². The van der Waals surface area contributed by atoms with Crippen molar-refractivity contribution in [2.45, 2.75) is 44.8 Å². The second-order valence-electron chi connectivity index (χ2n) is 4.58. The minimum atomic E-state index is -0.843. The van der Waals surface area contributed by atoms with Gasteiger partial charge in [0.05, 0.1) is 25.2 Å². The maximum atomic E-state index is 11.2. The number of aliphatic hydroxyl groups is 2. The Kier molecular flexibility index (Phi) is 7.15. The van der Waals surface area contributed by atoms with Gasteiger partial charge >= 0.3 is 5.97 Å². The smallest absolute Gasteiger partial charge is 0.308 e. The third-order valence-corrected chi connectivity index (χ3v) is 2.86. The first-order chi connectivity index (χ1) is 9.11. The molecule has 106 valence electrons. The molecule has 0 saturated carbocycles. The molecule has 19 heavy (non-hydrogen) atoms. The Morgan fingerprint density at radius 3 is 2.53 bits per heavy atom. The van der Waals surface area contributed by atoms with E-state index in [9.17, 15) is 15.0 Å². The third-order valence-electron chi connectivity index (χ3n) is 2.86. The Morgan fingerprint density at radius 1 is 1.21 bits per heavy atom. The van der Waals surface area contributed by atoms with Crippen molar-refractivity contribution in [1.82, 2.24) is 0 Å². The van der Waals surface area contributed by atoms with Crippen LogP contribution in [0.3, 0.4) is 0 Å². The van der Waals surface area contributed by atoms with Crippen LogP contribution in [-0.2, 0) is 16.0 Å². The van der Waals surface area contributed by atoms with Gasteiger partial charge < -0.3 is 14.9 Å². The molecule has 0 bridgehead atoms. The second kappa shape index (κ2) is 8.67. The van der Waals surface area contributed by atoms with Crippen LogP contribution in [0.1, 0.15) is 31.7 Å². The molecule has 4 nitrogen and oxygen atoms in total. The average molecular weight is 266 g/mol. The van der Waals surface area contributed by atoms with E-state index in [4.69, 9.17) is 4.74 Å². The van der Waals surface area contributed by atoms with Gasteiger partial charge in [0.25, 0.3) is 0 Å². The van der Waals surface area contributed by atoms with E-state index in [2.05, 4.69) is 0 Å². The molecule has 0 radical (unpaired) electrons. The molecule has 0 aliphatic rings. The molecule has 0 heterocycles. The van der Waals surface area contributed by atoms with E-state index >= 15 is 0 Å². The van der Waals surface area contributed by atoms with Crippen LogP contribution in [0.25, 0.3) is 0 Å². The summed E-state index contributed by atoms with van der Waals surface area (Å²) in [6.45, 7) is 2.03. The fourth-order valence-corrected chi connectivity index (χ4v) is 1.91. The predicted molar refractivity (Wildman–Crippen MR) is 72.6 cm³/mol. The molecule has 2 atom stereocenters. The van der Waals surface area contributed by atoms with Gasteiger partial charge in [-0.05, 0) is 31.7 Å². The van der Waals surface area contributed by atoms with Crippen molar-refractivity contribution in [3.8, 4) is 0 Å². The number of esters is 1. The average Bonchev–Trinajstić information content (AvgIpc) is 2.37. The molecule has 1 aromatic carbocycles. The van der Waals surface area contributed by atoms with Gasteiger partial charge in [0.2, 0.25) is 0 Å². The van der Waals surface area contributed by atoms with Crippen LogP contribution < -0.4 is 0 Å². The number of carbonyl (C=O) groups excluding carboxylic acids is 1. The van der Waals surface area contributed by atoms with Crippen molar-refractivity contribution in [3.63, 3.8) is 0 Å². The number of benzene rings is 1. The highest BCUT2D eigenvalue weighted by Crippen LogP contribution is 2.11. The first-order valence-corrected chi connectivity index (χ1v) is 6.67. The Balaban J connectivity index is 2.23. The molecule has 4 heteroatoms. The first-order valence-electron chi connectivity index (χ1n) is 6.67. The number of aryl methyl sites for hydroxylation is 1. The summed E-state index contributed by atoms with van der Waals surface area (Å²) in [5, 5.41) is 19.5. The molecule has 1 rings (SSSR count). The molecule has 0 amide bonds. The highest BCUT2D eigenvalue weighted by atomic mass is 16.5. The molecular weight excluding hydrogens is 244 g/mol. The molecular formula is C15H22O4. The lowest BCUT2D eigenvalue weighted by molar-refractivity contribution is -0.145. The lowest BCUT2D eigenvalue weighted by Crippen LogP contribution is -2.22. The number of hydrogen-bond donors (Lipinski definition) is 2. The van der Waals surface area contributed by atoms with E-state index in [0.29, 0.717) is 13.0 Å². The number of aliphatic hydroxyl groups excluding tert-OH is 2. The molecule has 0 saturated heterocycles. The lowest BCUT2D eigenvalue weighted by Gasteiger charge is -2.15. The summed E-state index contributed by atoms with van der Waals surface area (Å²) in [6.07, 6.45) is 0.0226. The van der Waals surface area contributed by atoms with Gasteiger partial charge in [0.1, 0.15) is 0 Å². The maximum absolute atomic E-state index is 11.2. The topological polar surface area (TPSA) is 66.8 Å². The Bertz CT molecular complexity index is 364. The molecule has 0 aromatic heterocycles. The van der Waals surface area contributed by atoms with Crippen LogP contribution in [0.4, 0.5) is 0 Å². The van der Waals surface area contributed by atoms with Crippen molar-refractivity contribution in [1.29, 1.82) is 0 Å². The van der Waals surface area contributed by atoms with Gasteiger partial charge in [0, 0.05) is 0 Å². The number of rotatable bonds is 8. The second-order valence-corrected chi connectivity index (χ2v) is 4.58. The van der Waals surface area contributed by atoms with Crippen molar-refractivity contribution in [2.24, 2.45) is 0 Å². The fraction of sp³-hybridized carbons (Fsp3) is 0.533. The van der Waals surface area contributed by atoms with E-state index in [-0.39, 0.29) is 12.8 Å². The quantitative estimate of drug-likeness (QED) is 0.703. The minimum Gasteiger partial charge on any atom is -0.466 e. The molecule has 0 aliphatic carbocycles. The molecule has 0 spiro atoms. The van der Waals surface area contributed by atoms with Crippen LogP contribution in [-0.4, -0.2) is 35.0 Å². The standard InChI is InChI=1S/C15H22O4/c1-2-19-15(18)11-14(17)10-13(16)9-8-12-6-4-3-5-7-12/h3-7,13-14,16-17H,2,8-11H2,1H3. The predicted octanol–water partition coefficient (Wildman–Crippen LogP) is 1.68. The van der Waals surface area contributed by atoms with E-state index in [1.54, 1.807) is 6.92 Å². The van der Waals surface area contributed by atoms with Crippen LogP contribution >= 0.6 is 0 Å². The van der Waals surface area contributed by atoms with E-state index in [1.165, 1.54) is 0 Å². The van der Waals surface area contributed by atoms with Gasteiger partial charge in [-0.2, -0.15) is 0 Å². The van der Waals surface area contributed by atoms with Crippen LogP contribution in [0, 0.1) is 0 Å². The minimum absolute atomic E-state index is 0.0593. The molecule has 0 aliphatic heterocycles. The van der Waals surface area contributed by atoms with Crippen molar-refractivity contribution in [3.05, 3.63) is 35.9 Å². The van der Waals surface area contributed by atoms with E-state index in [0.717, 1.165) is 12.0 Å². The fourth-order valence-electron chi connectivity index (χ4n) is 1.91. The van der Waals surface area contributed by atoms with Gasteiger partial charge in [0.15, 0.2) is 0 Å². The molecule has 1 aromatic rings. The third kappa shape index (κ3) is 6.94. The molecule has 2 unspecified atom stereocenters. The van der Waals surface area contributed by atoms with Crippen LogP contribution in [0.15, 0.2) is 30.3 Å². The Morgan fingerprint density at radius 2 is 1.89 bits per heavy atom.